The molecule has 0 atom stereocenters. The van der Waals surface area contributed by atoms with Crippen LogP contribution in [-0.4, -0.2) is 21.3 Å². The molecule has 0 bridgehead atoms. The zero-order valence-corrected chi connectivity index (χ0v) is 11.7. The molecular weight excluding hydrogens is 236 g/mol. The van der Waals surface area contributed by atoms with Crippen molar-refractivity contribution in [3.05, 3.63) is 17.5 Å². The maximum absolute atomic E-state index is 4.32. The van der Waals surface area contributed by atoms with Crippen molar-refractivity contribution in [2.45, 2.75) is 64.3 Å². The van der Waals surface area contributed by atoms with Gasteiger partial charge in [0.25, 0.3) is 0 Å². The molecule has 1 N–H and O–H groups in total. The molecule has 1 aromatic rings. The van der Waals surface area contributed by atoms with Crippen LogP contribution in [0.5, 0.6) is 0 Å². The highest BCUT2D eigenvalue weighted by molar-refractivity contribution is 5.26. The van der Waals surface area contributed by atoms with Gasteiger partial charge in [0.05, 0.1) is 0 Å². The molecule has 104 valence electrons. The van der Waals surface area contributed by atoms with Crippen molar-refractivity contribution >= 4 is 5.95 Å². The summed E-state index contributed by atoms with van der Waals surface area (Å²) in [5, 5.41) is 12.1. The van der Waals surface area contributed by atoms with Gasteiger partial charge in [-0.3, -0.25) is 4.57 Å². The van der Waals surface area contributed by atoms with Gasteiger partial charge in [0.1, 0.15) is 5.82 Å². The summed E-state index contributed by atoms with van der Waals surface area (Å²) >= 11 is 0. The number of hydrogen-bond acceptors (Lipinski definition) is 3. The van der Waals surface area contributed by atoms with Crippen LogP contribution < -0.4 is 5.32 Å². The largest absolute Gasteiger partial charge is 0.354 e. The lowest BCUT2D eigenvalue weighted by molar-refractivity contribution is 0.633. The molecular formula is C15H24N4. The molecule has 1 aliphatic heterocycles. The second-order valence-electron chi connectivity index (χ2n) is 5.69. The molecule has 0 radical (unpaired) electrons. The van der Waals surface area contributed by atoms with E-state index in [-0.39, 0.29) is 0 Å². The van der Waals surface area contributed by atoms with Crippen LogP contribution in [0, 0.1) is 0 Å². The van der Waals surface area contributed by atoms with Gasteiger partial charge in [-0.1, -0.05) is 18.1 Å². The van der Waals surface area contributed by atoms with E-state index in [1.54, 1.807) is 5.57 Å². The lowest BCUT2D eigenvalue weighted by atomic mass is 9.97. The molecule has 0 aromatic carbocycles. The van der Waals surface area contributed by atoms with E-state index in [0.717, 1.165) is 37.7 Å². The molecule has 3 rings (SSSR count). The second-order valence-corrected chi connectivity index (χ2v) is 5.69. The first-order valence-corrected chi connectivity index (χ1v) is 7.77. The molecule has 4 heteroatoms. The number of allylic oxidation sites excluding steroid dienone is 1. The standard InChI is InChI=1S/C15H24N4/c1-3-7-13(8-4-1)10-11-16-15-18-17-14-9-5-2-6-12-19(14)15/h7H,1-6,8-12H2,(H,16,18). The quantitative estimate of drug-likeness (QED) is 0.845. The zero-order chi connectivity index (χ0) is 12.9. The zero-order valence-electron chi connectivity index (χ0n) is 11.7. The molecule has 0 amide bonds. The van der Waals surface area contributed by atoms with Crippen molar-refractivity contribution in [3.8, 4) is 0 Å². The summed E-state index contributed by atoms with van der Waals surface area (Å²) in [7, 11) is 0. The Kier molecular flexibility index (Phi) is 4.16. The van der Waals surface area contributed by atoms with E-state index < -0.39 is 0 Å². The predicted octanol–water partition coefficient (Wildman–Crippen LogP) is 3.31. The van der Waals surface area contributed by atoms with E-state index in [2.05, 4.69) is 26.2 Å². The van der Waals surface area contributed by atoms with Gasteiger partial charge >= 0.3 is 0 Å². The summed E-state index contributed by atoms with van der Waals surface area (Å²) in [4.78, 5) is 0. The third-order valence-electron chi connectivity index (χ3n) is 4.22. The molecule has 19 heavy (non-hydrogen) atoms. The smallest absolute Gasteiger partial charge is 0.224 e. The van der Waals surface area contributed by atoms with Crippen LogP contribution in [0.4, 0.5) is 5.95 Å². The van der Waals surface area contributed by atoms with E-state index >= 15 is 0 Å². The molecule has 2 heterocycles. The summed E-state index contributed by atoms with van der Waals surface area (Å²) in [6.07, 6.45) is 13.8. The molecule has 0 saturated carbocycles. The summed E-state index contributed by atoms with van der Waals surface area (Å²) in [6, 6.07) is 0. The molecule has 0 saturated heterocycles. The maximum Gasteiger partial charge on any atom is 0.224 e. The Balaban J connectivity index is 1.55. The van der Waals surface area contributed by atoms with Gasteiger partial charge in [-0.2, -0.15) is 0 Å². The van der Waals surface area contributed by atoms with E-state index in [1.807, 2.05) is 0 Å². The Bertz CT molecular complexity index is 447. The van der Waals surface area contributed by atoms with Gasteiger partial charge < -0.3 is 5.32 Å². The van der Waals surface area contributed by atoms with Crippen molar-refractivity contribution in [2.75, 3.05) is 11.9 Å². The SMILES string of the molecule is C1=C(CCNc2nnc3n2CCCCC3)CCCC1. The van der Waals surface area contributed by atoms with E-state index in [1.165, 1.54) is 44.9 Å². The Morgan fingerprint density at radius 1 is 1.05 bits per heavy atom. The Labute approximate surface area is 115 Å². The van der Waals surface area contributed by atoms with Crippen LogP contribution in [0.2, 0.25) is 0 Å². The molecule has 0 unspecified atom stereocenters. The third-order valence-corrected chi connectivity index (χ3v) is 4.22. The normalized spacial score (nSPS) is 19.5. The summed E-state index contributed by atoms with van der Waals surface area (Å²) < 4.78 is 2.28. The van der Waals surface area contributed by atoms with Gasteiger partial charge in [-0.15, -0.1) is 10.2 Å². The van der Waals surface area contributed by atoms with Gasteiger partial charge in [-0.05, 0) is 44.9 Å². The average molecular weight is 260 g/mol. The van der Waals surface area contributed by atoms with Crippen LogP contribution in [0.3, 0.4) is 0 Å². The number of nitrogens with zero attached hydrogens (tertiary/aromatic N) is 3. The maximum atomic E-state index is 4.32. The first kappa shape index (κ1) is 12.7. The summed E-state index contributed by atoms with van der Waals surface area (Å²) in [5.74, 6) is 2.14. The van der Waals surface area contributed by atoms with Gasteiger partial charge in [0, 0.05) is 19.5 Å². The van der Waals surface area contributed by atoms with Crippen molar-refractivity contribution in [1.29, 1.82) is 0 Å². The monoisotopic (exact) mass is 260 g/mol. The highest BCUT2D eigenvalue weighted by Gasteiger charge is 2.14. The number of aromatic nitrogens is 3. The van der Waals surface area contributed by atoms with Crippen molar-refractivity contribution in [3.63, 3.8) is 0 Å². The molecule has 2 aliphatic rings. The first-order valence-electron chi connectivity index (χ1n) is 7.77. The highest BCUT2D eigenvalue weighted by Crippen LogP contribution is 2.21. The predicted molar refractivity (Wildman–Crippen MR) is 77.2 cm³/mol. The van der Waals surface area contributed by atoms with Crippen LogP contribution in [0.15, 0.2) is 11.6 Å². The lowest BCUT2D eigenvalue weighted by Gasteiger charge is -2.13. The molecule has 1 aromatic heterocycles. The minimum atomic E-state index is 0.980. The van der Waals surface area contributed by atoms with Crippen molar-refractivity contribution in [1.82, 2.24) is 14.8 Å². The fourth-order valence-electron chi connectivity index (χ4n) is 3.08. The van der Waals surface area contributed by atoms with E-state index in [9.17, 15) is 0 Å². The number of aryl methyl sites for hydroxylation is 1. The summed E-state index contributed by atoms with van der Waals surface area (Å²) in [5.41, 5.74) is 1.62. The highest BCUT2D eigenvalue weighted by atomic mass is 15.3. The Morgan fingerprint density at radius 2 is 2.00 bits per heavy atom. The Hall–Kier alpha value is -1.32. The van der Waals surface area contributed by atoms with Crippen molar-refractivity contribution < 1.29 is 0 Å². The Morgan fingerprint density at radius 3 is 2.89 bits per heavy atom. The number of hydrogen-bond donors (Lipinski definition) is 1. The van der Waals surface area contributed by atoms with Gasteiger partial charge in [-0.25, -0.2) is 0 Å². The van der Waals surface area contributed by atoms with Gasteiger partial charge in [0.15, 0.2) is 0 Å². The lowest BCUT2D eigenvalue weighted by Crippen LogP contribution is -2.11. The minimum Gasteiger partial charge on any atom is -0.354 e. The number of anilines is 1. The van der Waals surface area contributed by atoms with Crippen molar-refractivity contribution in [2.24, 2.45) is 0 Å². The molecule has 4 nitrogen and oxygen atoms in total. The first-order chi connectivity index (χ1) is 9.43. The third kappa shape index (κ3) is 3.17. The molecule has 1 aliphatic carbocycles. The second kappa shape index (κ2) is 6.22. The topological polar surface area (TPSA) is 42.7 Å². The number of fused-ring (bicyclic) bond motifs is 1. The summed E-state index contributed by atoms with van der Waals surface area (Å²) in [6.45, 7) is 2.07. The van der Waals surface area contributed by atoms with Crippen LogP contribution >= 0.6 is 0 Å². The fourth-order valence-corrected chi connectivity index (χ4v) is 3.08. The van der Waals surface area contributed by atoms with E-state index in [4.69, 9.17) is 0 Å². The molecule has 0 fully saturated rings. The average Bonchev–Trinajstić information content (AvgIpc) is 2.69. The van der Waals surface area contributed by atoms with Crippen LogP contribution in [-0.2, 0) is 13.0 Å². The minimum absolute atomic E-state index is 0.980. The van der Waals surface area contributed by atoms with Gasteiger partial charge in [0.2, 0.25) is 5.95 Å². The van der Waals surface area contributed by atoms with E-state index in [0.29, 0.717) is 0 Å². The fraction of sp³-hybridized carbons (Fsp3) is 0.733. The van der Waals surface area contributed by atoms with Crippen LogP contribution in [0.1, 0.15) is 57.2 Å². The molecule has 0 spiro atoms. The number of nitrogens with one attached hydrogen (secondary N) is 1. The van der Waals surface area contributed by atoms with Crippen LogP contribution in [0.25, 0.3) is 0 Å². The number of rotatable bonds is 4.